The van der Waals surface area contributed by atoms with Crippen LogP contribution in [0.2, 0.25) is 0 Å². The number of ether oxygens (including phenoxy) is 1. The lowest BCUT2D eigenvalue weighted by Crippen LogP contribution is -2.57. The Kier molecular flexibility index (Phi) is 6.40. The summed E-state index contributed by atoms with van der Waals surface area (Å²) in [6, 6.07) is 9.94. The first kappa shape index (κ1) is 16.5. The van der Waals surface area contributed by atoms with Gasteiger partial charge in [0.15, 0.2) is 0 Å². The molecule has 5 heteroatoms. The molecule has 0 bridgehead atoms. The van der Waals surface area contributed by atoms with Crippen molar-refractivity contribution in [2.75, 3.05) is 26.3 Å². The van der Waals surface area contributed by atoms with Crippen LogP contribution in [0.4, 0.5) is 0 Å². The Labute approximate surface area is 131 Å². The van der Waals surface area contributed by atoms with E-state index in [4.69, 9.17) is 4.74 Å². The molecule has 1 aromatic carbocycles. The molecule has 120 valence electrons. The second kappa shape index (κ2) is 8.54. The molecule has 0 spiro atoms. The third kappa shape index (κ3) is 5.15. The summed E-state index contributed by atoms with van der Waals surface area (Å²) in [5.41, 5.74) is 1.15. The molecule has 1 saturated heterocycles. The largest absolute Gasteiger partial charge is 0.372 e. The molecule has 2 amide bonds. The molecule has 1 fully saturated rings. The topological polar surface area (TPSA) is 58.6 Å². The van der Waals surface area contributed by atoms with Gasteiger partial charge in [-0.2, -0.15) is 0 Å². The molecule has 0 unspecified atom stereocenters. The Morgan fingerprint density at radius 1 is 1.36 bits per heavy atom. The molecule has 1 atom stereocenters. The molecule has 0 saturated carbocycles. The van der Waals surface area contributed by atoms with E-state index in [-0.39, 0.29) is 31.0 Å². The number of carbonyl (C=O) groups excluding carboxylic acids is 2. The van der Waals surface area contributed by atoms with Crippen molar-refractivity contribution < 1.29 is 14.3 Å². The molecular weight excluding hydrogens is 280 g/mol. The number of nitrogens with one attached hydrogen (secondary N) is 1. The summed E-state index contributed by atoms with van der Waals surface area (Å²) in [6.45, 7) is 3.40. The first-order valence-electron chi connectivity index (χ1n) is 7.88. The van der Waals surface area contributed by atoms with Crippen LogP contribution in [-0.4, -0.2) is 49.1 Å². The van der Waals surface area contributed by atoms with Crippen molar-refractivity contribution in [2.45, 2.75) is 32.2 Å². The summed E-state index contributed by atoms with van der Waals surface area (Å²) in [7, 11) is 0. The van der Waals surface area contributed by atoms with Gasteiger partial charge >= 0.3 is 0 Å². The van der Waals surface area contributed by atoms with Crippen molar-refractivity contribution in [3.8, 4) is 0 Å². The molecule has 1 heterocycles. The number of amides is 2. The van der Waals surface area contributed by atoms with E-state index in [2.05, 4.69) is 12.2 Å². The van der Waals surface area contributed by atoms with Gasteiger partial charge in [0.2, 0.25) is 11.8 Å². The minimum Gasteiger partial charge on any atom is -0.372 e. The van der Waals surface area contributed by atoms with Gasteiger partial charge in [-0.15, -0.1) is 0 Å². The van der Waals surface area contributed by atoms with Gasteiger partial charge < -0.3 is 15.0 Å². The van der Waals surface area contributed by atoms with E-state index in [9.17, 15) is 9.59 Å². The first-order valence-corrected chi connectivity index (χ1v) is 7.88. The van der Waals surface area contributed by atoms with E-state index in [1.165, 1.54) is 0 Å². The highest BCUT2D eigenvalue weighted by Gasteiger charge is 2.27. The van der Waals surface area contributed by atoms with Crippen LogP contribution in [0, 0.1) is 0 Å². The van der Waals surface area contributed by atoms with Crippen LogP contribution in [0.1, 0.15) is 25.3 Å². The molecule has 1 aliphatic rings. The molecular formula is C17H24N2O3. The van der Waals surface area contributed by atoms with Gasteiger partial charge in [-0.25, -0.2) is 0 Å². The lowest BCUT2D eigenvalue weighted by molar-refractivity contribution is -0.143. The molecule has 1 aliphatic heterocycles. The molecule has 22 heavy (non-hydrogen) atoms. The minimum absolute atomic E-state index is 0.0387. The number of piperazine rings is 1. The summed E-state index contributed by atoms with van der Waals surface area (Å²) in [6.07, 6.45) is 2.72. The van der Waals surface area contributed by atoms with Gasteiger partial charge in [0.25, 0.3) is 0 Å². The van der Waals surface area contributed by atoms with Crippen LogP contribution in [-0.2, 0) is 20.7 Å². The van der Waals surface area contributed by atoms with E-state index in [0.717, 1.165) is 24.8 Å². The monoisotopic (exact) mass is 304 g/mol. The fourth-order valence-electron chi connectivity index (χ4n) is 2.52. The van der Waals surface area contributed by atoms with E-state index in [0.29, 0.717) is 13.2 Å². The molecule has 2 rings (SSSR count). The minimum atomic E-state index is -0.107. The second-order valence-electron chi connectivity index (χ2n) is 5.63. The summed E-state index contributed by atoms with van der Waals surface area (Å²) < 4.78 is 5.35. The van der Waals surface area contributed by atoms with Crippen molar-refractivity contribution in [3.63, 3.8) is 0 Å². The van der Waals surface area contributed by atoms with Crippen LogP contribution in [0.5, 0.6) is 0 Å². The van der Waals surface area contributed by atoms with Crippen LogP contribution in [0.15, 0.2) is 30.3 Å². The standard InChI is InChI=1S/C17H24N2O3/c1-2-3-9-22-13-17(21)19-11-15(18-16(20)12-19)10-14-7-5-4-6-8-14/h4-8,15H,2-3,9-13H2,1H3,(H,18,20)/t15-/m0/s1. The van der Waals surface area contributed by atoms with Crippen molar-refractivity contribution in [2.24, 2.45) is 0 Å². The zero-order valence-electron chi connectivity index (χ0n) is 13.1. The Morgan fingerprint density at radius 2 is 2.14 bits per heavy atom. The molecule has 1 N–H and O–H groups in total. The summed E-state index contributed by atoms with van der Waals surface area (Å²) >= 11 is 0. The second-order valence-corrected chi connectivity index (χ2v) is 5.63. The van der Waals surface area contributed by atoms with E-state index >= 15 is 0 Å². The number of carbonyl (C=O) groups is 2. The lowest BCUT2D eigenvalue weighted by atomic mass is 10.0. The lowest BCUT2D eigenvalue weighted by Gasteiger charge is -2.33. The maximum Gasteiger partial charge on any atom is 0.249 e. The number of hydrogen-bond acceptors (Lipinski definition) is 3. The van der Waals surface area contributed by atoms with Crippen LogP contribution >= 0.6 is 0 Å². The predicted molar refractivity (Wildman–Crippen MR) is 84.4 cm³/mol. The maximum absolute atomic E-state index is 12.1. The summed E-state index contributed by atoms with van der Waals surface area (Å²) in [4.78, 5) is 25.5. The van der Waals surface area contributed by atoms with Crippen molar-refractivity contribution >= 4 is 11.8 Å². The van der Waals surface area contributed by atoms with Crippen molar-refractivity contribution in [3.05, 3.63) is 35.9 Å². The summed E-state index contributed by atoms with van der Waals surface area (Å²) in [5, 5.41) is 2.95. The average Bonchev–Trinajstić information content (AvgIpc) is 2.52. The SMILES string of the molecule is CCCCOCC(=O)N1CC(=O)N[C@@H](Cc2ccccc2)C1. The van der Waals surface area contributed by atoms with Crippen LogP contribution in [0.3, 0.4) is 0 Å². The van der Waals surface area contributed by atoms with Gasteiger partial charge in [0, 0.05) is 13.2 Å². The van der Waals surface area contributed by atoms with Crippen molar-refractivity contribution in [1.29, 1.82) is 0 Å². The smallest absolute Gasteiger partial charge is 0.249 e. The Balaban J connectivity index is 1.85. The Bertz CT molecular complexity index is 490. The van der Waals surface area contributed by atoms with E-state index < -0.39 is 0 Å². The van der Waals surface area contributed by atoms with Crippen molar-refractivity contribution in [1.82, 2.24) is 10.2 Å². The number of nitrogens with zero attached hydrogens (tertiary/aromatic N) is 1. The predicted octanol–water partition coefficient (Wildman–Crippen LogP) is 1.37. The number of benzene rings is 1. The number of rotatable bonds is 7. The Hall–Kier alpha value is -1.88. The first-order chi connectivity index (χ1) is 10.7. The molecule has 0 radical (unpaired) electrons. The third-order valence-electron chi connectivity index (χ3n) is 3.69. The zero-order chi connectivity index (χ0) is 15.8. The van der Waals surface area contributed by atoms with E-state index in [1.807, 2.05) is 30.3 Å². The van der Waals surface area contributed by atoms with E-state index in [1.54, 1.807) is 4.90 Å². The molecule has 1 aromatic rings. The summed E-state index contributed by atoms with van der Waals surface area (Å²) in [5.74, 6) is -0.210. The highest BCUT2D eigenvalue weighted by atomic mass is 16.5. The normalized spacial score (nSPS) is 18.1. The molecule has 0 aromatic heterocycles. The van der Waals surface area contributed by atoms with Gasteiger partial charge in [-0.3, -0.25) is 9.59 Å². The quantitative estimate of drug-likeness (QED) is 0.774. The maximum atomic E-state index is 12.1. The number of hydrogen-bond donors (Lipinski definition) is 1. The Morgan fingerprint density at radius 3 is 2.86 bits per heavy atom. The molecule has 0 aliphatic carbocycles. The molecule has 5 nitrogen and oxygen atoms in total. The third-order valence-corrected chi connectivity index (χ3v) is 3.69. The van der Waals surface area contributed by atoms with Crippen LogP contribution < -0.4 is 5.32 Å². The van der Waals surface area contributed by atoms with Gasteiger partial charge in [-0.1, -0.05) is 43.7 Å². The fraction of sp³-hybridized carbons (Fsp3) is 0.529. The fourth-order valence-corrected chi connectivity index (χ4v) is 2.52. The number of unbranched alkanes of at least 4 members (excludes halogenated alkanes) is 1. The highest BCUT2D eigenvalue weighted by Crippen LogP contribution is 2.08. The zero-order valence-corrected chi connectivity index (χ0v) is 13.1. The van der Waals surface area contributed by atoms with Gasteiger partial charge in [-0.05, 0) is 18.4 Å². The van der Waals surface area contributed by atoms with Gasteiger partial charge in [0.05, 0.1) is 12.6 Å². The highest BCUT2D eigenvalue weighted by molar-refractivity contribution is 5.86. The van der Waals surface area contributed by atoms with Crippen LogP contribution in [0.25, 0.3) is 0 Å². The van der Waals surface area contributed by atoms with Gasteiger partial charge in [0.1, 0.15) is 6.61 Å². The average molecular weight is 304 g/mol.